The van der Waals surface area contributed by atoms with Crippen molar-refractivity contribution in [2.45, 2.75) is 12.3 Å². The lowest BCUT2D eigenvalue weighted by Crippen LogP contribution is -2.07. The maximum atomic E-state index is 11.6. The quantitative estimate of drug-likeness (QED) is 0.615. The number of alkyl halides is 1. The fraction of sp³-hybridized carbons (Fsp3) is 0.364. The second kappa shape index (κ2) is 6.25. The molecule has 1 rings (SSSR count). The maximum Gasteiger partial charge on any atom is 0.341 e. The summed E-state index contributed by atoms with van der Waals surface area (Å²) in [5.41, 5.74) is 1.45. The number of halogens is 2. The van der Waals surface area contributed by atoms with Crippen LogP contribution in [-0.4, -0.2) is 19.7 Å². The first kappa shape index (κ1) is 13.5. The molecule has 88 valence electrons. The topological polar surface area (TPSA) is 35.5 Å². The molecule has 0 fully saturated rings. The Morgan fingerprint density at radius 1 is 1.44 bits per heavy atom. The highest BCUT2D eigenvalue weighted by molar-refractivity contribution is 9.10. The molecule has 0 aromatic heterocycles. The van der Waals surface area contributed by atoms with Crippen molar-refractivity contribution in [1.82, 2.24) is 0 Å². The normalized spacial score (nSPS) is 10.0. The molecule has 0 bridgehead atoms. The Bertz CT molecular complexity index is 391. The van der Waals surface area contributed by atoms with E-state index < -0.39 is 0 Å². The van der Waals surface area contributed by atoms with Crippen molar-refractivity contribution in [2.24, 2.45) is 0 Å². The minimum absolute atomic E-state index is 0.347. The highest BCUT2D eigenvalue weighted by atomic mass is 79.9. The van der Waals surface area contributed by atoms with Gasteiger partial charge in [-0.25, -0.2) is 4.79 Å². The zero-order chi connectivity index (χ0) is 12.1. The fourth-order valence-electron chi connectivity index (χ4n) is 1.24. The molecule has 3 nitrogen and oxygen atoms in total. The second-order valence-corrected chi connectivity index (χ2v) is 4.41. The summed E-state index contributed by atoms with van der Waals surface area (Å²) in [6.07, 6.45) is 0. The van der Waals surface area contributed by atoms with E-state index in [0.717, 1.165) is 10.0 Å². The van der Waals surface area contributed by atoms with Gasteiger partial charge in [-0.2, -0.15) is 0 Å². The predicted molar refractivity (Wildman–Crippen MR) is 69.3 cm³/mol. The van der Waals surface area contributed by atoms with Gasteiger partial charge >= 0.3 is 5.97 Å². The number of benzene rings is 1. The first-order valence-electron chi connectivity index (χ1n) is 4.73. The van der Waals surface area contributed by atoms with Crippen LogP contribution in [0.3, 0.4) is 0 Å². The maximum absolute atomic E-state index is 11.6. The molecule has 0 atom stereocenters. The first-order valence-corrected chi connectivity index (χ1v) is 6.65. The van der Waals surface area contributed by atoms with Gasteiger partial charge in [-0.1, -0.05) is 31.9 Å². The Balaban J connectivity index is 3.17. The summed E-state index contributed by atoms with van der Waals surface area (Å²) in [6, 6.07) is 3.53. The van der Waals surface area contributed by atoms with E-state index in [9.17, 15) is 4.79 Å². The molecule has 0 saturated heterocycles. The summed E-state index contributed by atoms with van der Waals surface area (Å²) in [5.74, 6) is 0.150. The number of hydrogen-bond acceptors (Lipinski definition) is 3. The van der Waals surface area contributed by atoms with Crippen LogP contribution in [0.1, 0.15) is 22.8 Å². The largest absolute Gasteiger partial charge is 0.496 e. The number of esters is 1. The van der Waals surface area contributed by atoms with E-state index in [1.54, 1.807) is 13.0 Å². The molecular formula is C11H12Br2O3. The Morgan fingerprint density at radius 2 is 2.12 bits per heavy atom. The molecule has 1 aromatic carbocycles. The lowest BCUT2D eigenvalue weighted by Gasteiger charge is -2.10. The molecule has 0 aliphatic rings. The fourth-order valence-corrected chi connectivity index (χ4v) is 2.56. The van der Waals surface area contributed by atoms with Gasteiger partial charge in [0.2, 0.25) is 0 Å². The molecule has 0 N–H and O–H groups in total. The summed E-state index contributed by atoms with van der Waals surface area (Å²) >= 11 is 6.76. The Kier molecular flexibility index (Phi) is 5.28. The number of carbonyl (C=O) groups excluding carboxylic acids is 1. The average molecular weight is 352 g/mol. The molecule has 0 spiro atoms. The molecule has 1 aromatic rings. The molecule has 0 aliphatic heterocycles. The first-order chi connectivity index (χ1) is 7.63. The van der Waals surface area contributed by atoms with Crippen molar-refractivity contribution < 1.29 is 14.3 Å². The van der Waals surface area contributed by atoms with Crippen LogP contribution in [0.25, 0.3) is 0 Å². The van der Waals surface area contributed by atoms with Crippen LogP contribution in [0, 0.1) is 0 Å². The Labute approximate surface area is 111 Å². The number of rotatable bonds is 4. The molecule has 5 heteroatoms. The van der Waals surface area contributed by atoms with E-state index in [-0.39, 0.29) is 5.97 Å². The summed E-state index contributed by atoms with van der Waals surface area (Å²) in [4.78, 5) is 11.6. The Hall–Kier alpha value is -0.550. The van der Waals surface area contributed by atoms with Gasteiger partial charge in [-0.3, -0.25) is 0 Å². The minimum Gasteiger partial charge on any atom is -0.496 e. The molecular weight excluding hydrogens is 340 g/mol. The van der Waals surface area contributed by atoms with Crippen molar-refractivity contribution in [1.29, 1.82) is 0 Å². The smallest absolute Gasteiger partial charge is 0.341 e. The van der Waals surface area contributed by atoms with Crippen LogP contribution in [0.4, 0.5) is 0 Å². The van der Waals surface area contributed by atoms with Crippen LogP contribution in [0.2, 0.25) is 0 Å². The monoisotopic (exact) mass is 350 g/mol. The van der Waals surface area contributed by atoms with Crippen molar-refractivity contribution in [3.63, 3.8) is 0 Å². The van der Waals surface area contributed by atoms with Gasteiger partial charge in [-0.15, -0.1) is 0 Å². The number of carbonyl (C=O) groups is 1. The van der Waals surface area contributed by atoms with Crippen LogP contribution in [0.5, 0.6) is 5.75 Å². The lowest BCUT2D eigenvalue weighted by atomic mass is 10.1. The van der Waals surface area contributed by atoms with Crippen molar-refractivity contribution in [3.05, 3.63) is 27.7 Å². The van der Waals surface area contributed by atoms with E-state index in [1.807, 2.05) is 6.07 Å². The van der Waals surface area contributed by atoms with E-state index in [2.05, 4.69) is 31.9 Å². The van der Waals surface area contributed by atoms with Gasteiger partial charge in [0.1, 0.15) is 11.3 Å². The predicted octanol–water partition coefficient (Wildman–Crippen LogP) is 3.53. The van der Waals surface area contributed by atoms with Gasteiger partial charge in [-0.05, 0) is 24.6 Å². The van der Waals surface area contributed by atoms with Crippen LogP contribution >= 0.6 is 31.9 Å². The summed E-state index contributed by atoms with van der Waals surface area (Å²) in [6.45, 7) is 2.12. The van der Waals surface area contributed by atoms with Gasteiger partial charge in [0.25, 0.3) is 0 Å². The van der Waals surface area contributed by atoms with Crippen LogP contribution in [-0.2, 0) is 10.1 Å². The molecule has 0 saturated carbocycles. The van der Waals surface area contributed by atoms with Crippen LogP contribution in [0.15, 0.2) is 16.6 Å². The third-order valence-corrected chi connectivity index (χ3v) is 3.35. The molecule has 0 heterocycles. The van der Waals surface area contributed by atoms with E-state index in [0.29, 0.717) is 23.2 Å². The summed E-state index contributed by atoms with van der Waals surface area (Å²) < 4.78 is 11.0. The van der Waals surface area contributed by atoms with E-state index in [1.165, 1.54) is 7.11 Å². The molecule has 0 aliphatic carbocycles. The highest BCUT2D eigenvalue weighted by Crippen LogP contribution is 2.29. The standard InChI is InChI=1S/C11H12Br2O3/c1-3-16-11(14)8-5-9(13)7(6-12)4-10(8)15-2/h4-5H,3,6H2,1-2H3. The van der Waals surface area contributed by atoms with Gasteiger partial charge in [0.05, 0.1) is 13.7 Å². The van der Waals surface area contributed by atoms with Gasteiger partial charge in [0.15, 0.2) is 0 Å². The SMILES string of the molecule is CCOC(=O)c1cc(Br)c(CBr)cc1OC. The summed E-state index contributed by atoms with van der Waals surface area (Å²) in [5, 5.41) is 0.688. The van der Waals surface area contributed by atoms with E-state index in [4.69, 9.17) is 9.47 Å². The summed E-state index contributed by atoms with van der Waals surface area (Å²) in [7, 11) is 1.53. The number of ether oxygens (including phenoxy) is 2. The number of hydrogen-bond donors (Lipinski definition) is 0. The lowest BCUT2D eigenvalue weighted by molar-refractivity contribution is 0.0522. The second-order valence-electron chi connectivity index (χ2n) is 3.00. The molecule has 0 unspecified atom stereocenters. The highest BCUT2D eigenvalue weighted by Gasteiger charge is 2.16. The van der Waals surface area contributed by atoms with Gasteiger partial charge in [0, 0.05) is 9.80 Å². The Morgan fingerprint density at radius 3 is 2.62 bits per heavy atom. The third kappa shape index (κ3) is 2.98. The van der Waals surface area contributed by atoms with Gasteiger partial charge < -0.3 is 9.47 Å². The third-order valence-electron chi connectivity index (χ3n) is 2.01. The van der Waals surface area contributed by atoms with E-state index >= 15 is 0 Å². The zero-order valence-corrected chi connectivity index (χ0v) is 12.2. The van der Waals surface area contributed by atoms with Crippen LogP contribution < -0.4 is 4.74 Å². The minimum atomic E-state index is -0.374. The van der Waals surface area contributed by atoms with Crippen molar-refractivity contribution >= 4 is 37.8 Å². The molecule has 16 heavy (non-hydrogen) atoms. The molecule has 0 radical (unpaired) electrons. The zero-order valence-electron chi connectivity index (χ0n) is 9.05. The average Bonchev–Trinajstić information content (AvgIpc) is 2.29. The molecule has 0 amide bonds. The van der Waals surface area contributed by atoms with Crippen molar-refractivity contribution in [2.75, 3.05) is 13.7 Å². The van der Waals surface area contributed by atoms with Crippen molar-refractivity contribution in [3.8, 4) is 5.75 Å². The number of methoxy groups -OCH3 is 1.